The van der Waals surface area contributed by atoms with Gasteiger partial charge in [0, 0.05) is 61.9 Å². The summed E-state index contributed by atoms with van der Waals surface area (Å²) in [6.07, 6.45) is 0. The quantitative estimate of drug-likeness (QED) is 0.297. The van der Waals surface area contributed by atoms with Gasteiger partial charge >= 0.3 is 11.9 Å². The van der Waals surface area contributed by atoms with Crippen LogP contribution in [0.5, 0.6) is 0 Å². The van der Waals surface area contributed by atoms with Gasteiger partial charge in [0.05, 0.1) is 29.1 Å². The monoisotopic (exact) mass is 548 g/mol. The number of carbonyl (C=O) groups excluding carboxylic acids is 2. The first-order valence-corrected chi connectivity index (χ1v) is 13.3. The molecule has 0 radical (unpaired) electrons. The van der Waals surface area contributed by atoms with Crippen molar-refractivity contribution in [1.29, 1.82) is 0 Å². The number of hydrogen-bond acceptors (Lipinski definition) is 9. The predicted octanol–water partition coefficient (Wildman–Crippen LogP) is 3.98. The van der Waals surface area contributed by atoms with E-state index in [2.05, 4.69) is 47.2 Å². The Bertz CT molecular complexity index is 1350. The van der Waals surface area contributed by atoms with E-state index in [1.807, 2.05) is 0 Å². The molecule has 0 bridgehead atoms. The number of rotatable bonds is 8. The van der Waals surface area contributed by atoms with Gasteiger partial charge in [0.1, 0.15) is 6.61 Å². The molecule has 2 aliphatic rings. The number of nitrogens with zero attached hydrogens (tertiary/aromatic N) is 3. The summed E-state index contributed by atoms with van der Waals surface area (Å²) >= 11 is 0. The number of non-ortho nitro benzene ring substituents is 1. The van der Waals surface area contributed by atoms with Crippen molar-refractivity contribution in [2.24, 2.45) is 0 Å². The molecule has 212 valence electrons. The Morgan fingerprint density at radius 1 is 0.950 bits per heavy atom. The molecule has 0 aromatic heterocycles. The van der Waals surface area contributed by atoms with Crippen LogP contribution in [0.2, 0.25) is 0 Å². The summed E-state index contributed by atoms with van der Waals surface area (Å²) in [7, 11) is 1.26. The molecule has 0 aliphatic carbocycles. The number of nitrogens with one attached hydrogen (secondary N) is 1. The summed E-state index contributed by atoms with van der Waals surface area (Å²) in [6.45, 7) is 11.9. The normalized spacial score (nSPS) is 17.9. The summed E-state index contributed by atoms with van der Waals surface area (Å²) in [5.74, 6) is -2.08. The number of hydrogen-bond donors (Lipinski definition) is 1. The lowest BCUT2D eigenvalue weighted by Gasteiger charge is -2.37. The Balaban J connectivity index is 1.46. The highest BCUT2D eigenvalue weighted by atomic mass is 16.6. The van der Waals surface area contributed by atoms with E-state index in [4.69, 9.17) is 9.47 Å². The highest BCUT2D eigenvalue weighted by molar-refractivity contribution is 5.99. The summed E-state index contributed by atoms with van der Waals surface area (Å²) in [5, 5.41) is 14.5. The molecule has 1 fully saturated rings. The largest absolute Gasteiger partial charge is 0.466 e. The summed E-state index contributed by atoms with van der Waals surface area (Å²) in [4.78, 5) is 41.9. The van der Waals surface area contributed by atoms with Gasteiger partial charge in [-0.1, -0.05) is 30.3 Å². The number of allylic oxidation sites excluding steroid dienone is 2. The lowest BCUT2D eigenvalue weighted by molar-refractivity contribution is -0.384. The molecular formula is C30H36N4O6. The Morgan fingerprint density at radius 3 is 2.15 bits per heavy atom. The lowest BCUT2D eigenvalue weighted by Crippen LogP contribution is -2.47. The smallest absolute Gasteiger partial charge is 0.336 e. The molecule has 0 amide bonds. The number of piperazine rings is 1. The number of ether oxygens (including phenoxy) is 2. The number of nitro benzene ring substituents is 1. The van der Waals surface area contributed by atoms with Crippen LogP contribution in [0.15, 0.2) is 65.0 Å². The van der Waals surface area contributed by atoms with E-state index < -0.39 is 22.8 Å². The fraction of sp³-hybridized carbons (Fsp3) is 0.400. The van der Waals surface area contributed by atoms with E-state index in [0.29, 0.717) is 23.5 Å². The zero-order valence-corrected chi connectivity index (χ0v) is 23.7. The molecule has 1 N–H and O–H groups in total. The third kappa shape index (κ3) is 6.02. The molecule has 1 atom stereocenters. The molecule has 2 heterocycles. The van der Waals surface area contributed by atoms with Crippen LogP contribution in [0, 0.1) is 24.0 Å². The second kappa shape index (κ2) is 12.3. The Kier molecular flexibility index (Phi) is 8.89. The fourth-order valence-corrected chi connectivity index (χ4v) is 5.64. The summed E-state index contributed by atoms with van der Waals surface area (Å²) < 4.78 is 10.7. The zero-order valence-electron chi connectivity index (χ0n) is 23.7. The van der Waals surface area contributed by atoms with E-state index in [-0.39, 0.29) is 23.4 Å². The average molecular weight is 549 g/mol. The van der Waals surface area contributed by atoms with E-state index >= 15 is 0 Å². The van der Waals surface area contributed by atoms with Crippen LogP contribution in [0.3, 0.4) is 0 Å². The van der Waals surface area contributed by atoms with Gasteiger partial charge < -0.3 is 19.7 Å². The van der Waals surface area contributed by atoms with Gasteiger partial charge in [0.15, 0.2) is 0 Å². The standard InChI is InChI=1S/C30H36N4O6/c1-19-8-6-9-20(2)28(19)33-14-12-32(13-15-33)16-17-40-30(36)26-22(4)31-21(3)25(29(35)39-5)27(26)23-10-7-11-24(18-23)34(37)38/h6-11,18,27,31H,12-17H2,1-5H3. The first-order valence-electron chi connectivity index (χ1n) is 13.3. The third-order valence-corrected chi connectivity index (χ3v) is 7.57. The number of para-hydroxylation sites is 1. The van der Waals surface area contributed by atoms with Crippen LogP contribution < -0.4 is 10.2 Å². The second-order valence-electron chi connectivity index (χ2n) is 10.2. The first kappa shape index (κ1) is 28.8. The van der Waals surface area contributed by atoms with Crippen LogP contribution >= 0.6 is 0 Å². The van der Waals surface area contributed by atoms with Gasteiger partial charge in [0.2, 0.25) is 0 Å². The number of aryl methyl sites for hydroxylation is 2. The number of anilines is 1. The molecule has 2 aliphatic heterocycles. The van der Waals surface area contributed by atoms with Crippen molar-refractivity contribution in [1.82, 2.24) is 10.2 Å². The van der Waals surface area contributed by atoms with Crippen LogP contribution in [-0.2, 0) is 19.1 Å². The topological polar surface area (TPSA) is 114 Å². The summed E-state index contributed by atoms with van der Waals surface area (Å²) in [5.41, 5.74) is 5.59. The maximum atomic E-state index is 13.5. The van der Waals surface area contributed by atoms with Crippen molar-refractivity contribution in [3.63, 3.8) is 0 Å². The number of carbonyl (C=O) groups is 2. The zero-order chi connectivity index (χ0) is 29.0. The third-order valence-electron chi connectivity index (χ3n) is 7.57. The van der Waals surface area contributed by atoms with Crippen molar-refractivity contribution in [3.8, 4) is 0 Å². The number of methoxy groups -OCH3 is 1. The van der Waals surface area contributed by atoms with Gasteiger partial charge in [-0.2, -0.15) is 0 Å². The maximum absolute atomic E-state index is 13.5. The molecule has 1 saturated heterocycles. The van der Waals surface area contributed by atoms with Gasteiger partial charge in [-0.15, -0.1) is 0 Å². The highest BCUT2D eigenvalue weighted by Gasteiger charge is 2.38. The van der Waals surface area contributed by atoms with Gasteiger partial charge in [0.25, 0.3) is 5.69 Å². The van der Waals surface area contributed by atoms with Crippen molar-refractivity contribution in [2.45, 2.75) is 33.6 Å². The molecular weight excluding hydrogens is 512 g/mol. The Labute approximate surface area is 234 Å². The van der Waals surface area contributed by atoms with Crippen LogP contribution in [-0.4, -0.2) is 68.2 Å². The second-order valence-corrected chi connectivity index (χ2v) is 10.2. The van der Waals surface area contributed by atoms with Gasteiger partial charge in [-0.05, 0) is 44.4 Å². The van der Waals surface area contributed by atoms with Crippen molar-refractivity contribution in [2.75, 3.05) is 51.3 Å². The fourth-order valence-electron chi connectivity index (χ4n) is 5.64. The molecule has 0 saturated carbocycles. The minimum Gasteiger partial charge on any atom is -0.466 e. The van der Waals surface area contributed by atoms with Gasteiger partial charge in [-0.3, -0.25) is 15.0 Å². The van der Waals surface area contributed by atoms with E-state index in [0.717, 1.165) is 26.2 Å². The molecule has 2 aromatic carbocycles. The van der Waals surface area contributed by atoms with E-state index in [1.165, 1.54) is 42.1 Å². The number of benzene rings is 2. The van der Waals surface area contributed by atoms with Crippen molar-refractivity contribution >= 4 is 23.3 Å². The molecule has 10 nitrogen and oxygen atoms in total. The summed E-state index contributed by atoms with van der Waals surface area (Å²) in [6, 6.07) is 12.3. The molecule has 40 heavy (non-hydrogen) atoms. The molecule has 1 unspecified atom stereocenters. The van der Waals surface area contributed by atoms with E-state index in [1.54, 1.807) is 19.9 Å². The van der Waals surface area contributed by atoms with Crippen LogP contribution in [0.4, 0.5) is 11.4 Å². The first-order chi connectivity index (χ1) is 19.1. The SMILES string of the molecule is COC(=O)C1=C(C)NC(C)=C(C(=O)OCCN2CCN(c3c(C)cccc3C)CC2)C1c1cccc([N+](=O)[O-])c1. The molecule has 10 heteroatoms. The average Bonchev–Trinajstić information content (AvgIpc) is 2.93. The molecule has 2 aromatic rings. The maximum Gasteiger partial charge on any atom is 0.336 e. The van der Waals surface area contributed by atoms with Crippen LogP contribution in [0.1, 0.15) is 36.5 Å². The Hall–Kier alpha value is -4.18. The lowest BCUT2D eigenvalue weighted by atomic mass is 9.80. The number of dihydropyridines is 1. The van der Waals surface area contributed by atoms with Crippen molar-refractivity contribution in [3.05, 3.63) is 91.8 Å². The van der Waals surface area contributed by atoms with Crippen molar-refractivity contribution < 1.29 is 24.0 Å². The van der Waals surface area contributed by atoms with E-state index in [9.17, 15) is 19.7 Å². The predicted molar refractivity (Wildman–Crippen MR) is 152 cm³/mol. The highest BCUT2D eigenvalue weighted by Crippen LogP contribution is 2.40. The number of nitro groups is 1. The van der Waals surface area contributed by atoms with Crippen LogP contribution in [0.25, 0.3) is 0 Å². The molecule has 4 rings (SSSR count). The number of esters is 2. The minimum absolute atomic E-state index is 0.136. The molecule has 0 spiro atoms. The minimum atomic E-state index is -0.873. The Morgan fingerprint density at radius 2 is 1.55 bits per heavy atom. The van der Waals surface area contributed by atoms with Gasteiger partial charge in [-0.25, -0.2) is 9.59 Å².